The number of amides is 1. The SMILES string of the molecule is CCCCCCC/C=C\C/C=C\C/C=C\CCCCCCCCC(=O)NC(COC1OC(CO)C(OC2OC(CO)C(OC3OC(CO)C(O)C(O)C3O)C(O)C2O)C(O)C1O)C(O)/C=C/CC/C=C/CCCCCCCCCCCCCCCCCCCCC. The van der Waals surface area contributed by atoms with Crippen LogP contribution in [0.4, 0.5) is 0 Å². The normalized spacial score (nSPS) is 28.2. The first-order valence-electron chi connectivity index (χ1n) is 36.0. The van der Waals surface area contributed by atoms with Crippen LogP contribution in [0, 0.1) is 0 Å². The predicted octanol–water partition coefficient (Wildman–Crippen LogP) is 9.94. The van der Waals surface area contributed by atoms with E-state index in [1.54, 1.807) is 6.08 Å². The molecule has 3 saturated heterocycles. The van der Waals surface area contributed by atoms with Gasteiger partial charge < -0.3 is 89.9 Å². The number of allylic oxidation sites excluding steroid dienone is 9. The second kappa shape index (κ2) is 53.6. The van der Waals surface area contributed by atoms with Crippen LogP contribution in [0.3, 0.4) is 0 Å². The van der Waals surface area contributed by atoms with Gasteiger partial charge in [-0.05, 0) is 70.6 Å². The Morgan fingerprint density at radius 3 is 1.18 bits per heavy atom. The quantitative estimate of drug-likeness (QED) is 0.0199. The summed E-state index contributed by atoms with van der Waals surface area (Å²) in [7, 11) is 0. The van der Waals surface area contributed by atoms with E-state index in [0.29, 0.717) is 12.8 Å². The third-order valence-corrected chi connectivity index (χ3v) is 17.8. The number of carbonyl (C=O) groups excluding carboxylic acids is 1. The monoisotopic (exact) mass is 1300 g/mol. The van der Waals surface area contributed by atoms with E-state index in [2.05, 4.69) is 67.8 Å². The summed E-state index contributed by atoms with van der Waals surface area (Å²) in [6.45, 7) is 1.71. The molecule has 3 rings (SSSR count). The summed E-state index contributed by atoms with van der Waals surface area (Å²) in [6.07, 6.45) is 39.1. The lowest BCUT2D eigenvalue weighted by Crippen LogP contribution is -2.66. The van der Waals surface area contributed by atoms with E-state index in [1.807, 2.05) is 6.08 Å². The highest BCUT2D eigenvalue weighted by Gasteiger charge is 2.53. The molecule has 0 saturated carbocycles. The van der Waals surface area contributed by atoms with Crippen LogP contribution < -0.4 is 5.32 Å². The molecule has 19 nitrogen and oxygen atoms in total. The predicted molar refractivity (Wildman–Crippen MR) is 355 cm³/mol. The second-order valence-electron chi connectivity index (χ2n) is 25.7. The van der Waals surface area contributed by atoms with Gasteiger partial charge in [0, 0.05) is 6.42 Å². The summed E-state index contributed by atoms with van der Waals surface area (Å²) in [5.74, 6) is -0.297. The Hall–Kier alpha value is -2.51. The van der Waals surface area contributed by atoms with Crippen molar-refractivity contribution >= 4 is 5.91 Å². The van der Waals surface area contributed by atoms with Crippen LogP contribution in [-0.4, -0.2) is 193 Å². The minimum Gasteiger partial charge on any atom is -0.394 e. The molecule has 3 heterocycles. The number of unbranched alkanes of at least 4 members (excludes halogenated alkanes) is 31. The molecular formula is C72H129NO18. The molecule has 1 amide bonds. The average Bonchev–Trinajstić information content (AvgIpc) is 0.883. The Kier molecular flexibility index (Phi) is 48.7. The molecule has 0 aromatic rings. The first-order chi connectivity index (χ1) is 44.3. The first-order valence-corrected chi connectivity index (χ1v) is 36.0. The van der Waals surface area contributed by atoms with Crippen LogP contribution >= 0.6 is 0 Å². The van der Waals surface area contributed by atoms with Gasteiger partial charge in [0.1, 0.15) is 73.2 Å². The smallest absolute Gasteiger partial charge is 0.220 e. The molecule has 0 aromatic heterocycles. The third-order valence-electron chi connectivity index (χ3n) is 17.8. The van der Waals surface area contributed by atoms with E-state index in [-0.39, 0.29) is 18.9 Å². The number of hydrogen-bond acceptors (Lipinski definition) is 18. The molecular weight excluding hydrogens is 1170 g/mol. The Morgan fingerprint density at radius 1 is 0.396 bits per heavy atom. The molecule has 0 aliphatic carbocycles. The number of hydrogen-bond donors (Lipinski definition) is 12. The third kappa shape index (κ3) is 35.4. The van der Waals surface area contributed by atoms with Gasteiger partial charge in [-0.15, -0.1) is 0 Å². The lowest BCUT2D eigenvalue weighted by molar-refractivity contribution is -0.379. The van der Waals surface area contributed by atoms with Gasteiger partial charge in [0.15, 0.2) is 18.9 Å². The van der Waals surface area contributed by atoms with Crippen molar-refractivity contribution < 1.29 is 89.4 Å². The minimum atomic E-state index is -1.98. The number of nitrogens with one attached hydrogen (secondary N) is 1. The molecule has 3 aliphatic heterocycles. The maximum atomic E-state index is 13.4. The van der Waals surface area contributed by atoms with Crippen LogP contribution in [-0.2, 0) is 33.2 Å². The molecule has 12 N–H and O–H groups in total. The molecule has 0 aromatic carbocycles. The van der Waals surface area contributed by atoms with Crippen LogP contribution in [0.25, 0.3) is 0 Å². The molecule has 3 fully saturated rings. The van der Waals surface area contributed by atoms with Crippen molar-refractivity contribution in [3.63, 3.8) is 0 Å². The van der Waals surface area contributed by atoms with Gasteiger partial charge in [-0.3, -0.25) is 4.79 Å². The zero-order valence-electron chi connectivity index (χ0n) is 56.1. The van der Waals surface area contributed by atoms with E-state index < -0.39 is 124 Å². The number of ether oxygens (including phenoxy) is 6. The molecule has 0 spiro atoms. The van der Waals surface area contributed by atoms with Gasteiger partial charge in [0.2, 0.25) is 5.91 Å². The van der Waals surface area contributed by atoms with E-state index in [4.69, 9.17) is 28.4 Å². The van der Waals surface area contributed by atoms with Crippen molar-refractivity contribution in [3.05, 3.63) is 60.8 Å². The maximum Gasteiger partial charge on any atom is 0.220 e. The van der Waals surface area contributed by atoms with Gasteiger partial charge >= 0.3 is 0 Å². The lowest BCUT2D eigenvalue weighted by atomic mass is 9.96. The van der Waals surface area contributed by atoms with Gasteiger partial charge in [-0.2, -0.15) is 0 Å². The van der Waals surface area contributed by atoms with Gasteiger partial charge in [-0.25, -0.2) is 0 Å². The number of aliphatic hydroxyl groups excluding tert-OH is 11. The number of aliphatic hydroxyl groups is 11. The fourth-order valence-corrected chi connectivity index (χ4v) is 11.9. The zero-order chi connectivity index (χ0) is 66.1. The highest BCUT2D eigenvalue weighted by molar-refractivity contribution is 5.76. The van der Waals surface area contributed by atoms with Crippen molar-refractivity contribution in [1.82, 2.24) is 5.32 Å². The van der Waals surface area contributed by atoms with Gasteiger partial charge in [-0.1, -0.05) is 242 Å². The summed E-state index contributed by atoms with van der Waals surface area (Å²) >= 11 is 0. The first kappa shape index (κ1) is 82.7. The molecule has 0 bridgehead atoms. The summed E-state index contributed by atoms with van der Waals surface area (Å²) in [5, 5.41) is 121. The Labute approximate surface area is 547 Å². The van der Waals surface area contributed by atoms with Crippen LogP contribution in [0.15, 0.2) is 60.8 Å². The van der Waals surface area contributed by atoms with E-state index >= 15 is 0 Å². The highest BCUT2D eigenvalue weighted by Crippen LogP contribution is 2.33. The largest absolute Gasteiger partial charge is 0.394 e. The van der Waals surface area contributed by atoms with Crippen molar-refractivity contribution in [2.24, 2.45) is 0 Å². The fourth-order valence-electron chi connectivity index (χ4n) is 11.9. The Morgan fingerprint density at radius 2 is 0.736 bits per heavy atom. The second-order valence-corrected chi connectivity index (χ2v) is 25.7. The van der Waals surface area contributed by atoms with Crippen molar-refractivity contribution in [2.45, 2.75) is 362 Å². The minimum absolute atomic E-state index is 0.219. The molecule has 91 heavy (non-hydrogen) atoms. The highest BCUT2D eigenvalue weighted by atomic mass is 16.8. The van der Waals surface area contributed by atoms with Crippen LogP contribution in [0.5, 0.6) is 0 Å². The summed E-state index contributed by atoms with van der Waals surface area (Å²) in [6, 6.07) is -1.00. The van der Waals surface area contributed by atoms with Crippen molar-refractivity contribution in [1.29, 1.82) is 0 Å². The Balaban J connectivity index is 1.45. The lowest BCUT2D eigenvalue weighted by Gasteiger charge is -2.48. The molecule has 3 aliphatic rings. The maximum absolute atomic E-state index is 13.4. The number of rotatable bonds is 55. The van der Waals surface area contributed by atoms with Gasteiger partial charge in [0.25, 0.3) is 0 Å². The van der Waals surface area contributed by atoms with Crippen LogP contribution in [0.1, 0.15) is 258 Å². The Bertz CT molecular complexity index is 1890. The standard InChI is InChI=1S/C72H129NO18/c1-3-5-7-9-11-13-15-17-19-21-23-25-26-27-28-30-31-33-35-37-39-41-43-45-47-49-56(77)55(73-60(78)50-48-46-44-42-40-38-36-34-32-29-24-22-20-18-16-14-12-10-8-6-4-2)54-86-70-66(84)63(81)68(58(52-75)88-70)91-72-67(85)64(82)69(59(53-76)89-72)90-71-65(83)62(80)61(79)57(51-74)87-71/h16,18,22,24,32,34,39,41,47,49,55-59,61-72,74-77,79-85H,3-15,17,19-21,23,25-31,33,35-38,40,42-46,48,50-54H2,1-2H3,(H,73,78)/b18-16-,24-22-,34-32-,41-39+,49-47+. The van der Waals surface area contributed by atoms with Crippen molar-refractivity contribution in [2.75, 3.05) is 26.4 Å². The average molecular weight is 1300 g/mol. The summed E-state index contributed by atoms with van der Waals surface area (Å²) in [4.78, 5) is 13.4. The van der Waals surface area contributed by atoms with E-state index in [9.17, 15) is 61.0 Å². The van der Waals surface area contributed by atoms with E-state index in [0.717, 1.165) is 70.6 Å². The molecule has 0 radical (unpaired) electrons. The van der Waals surface area contributed by atoms with Crippen molar-refractivity contribution in [3.8, 4) is 0 Å². The zero-order valence-corrected chi connectivity index (χ0v) is 56.1. The topological polar surface area (TPSA) is 307 Å². The summed E-state index contributed by atoms with van der Waals surface area (Å²) in [5.41, 5.74) is 0. The van der Waals surface area contributed by atoms with Gasteiger partial charge in [0.05, 0.1) is 38.6 Å². The molecule has 19 heteroatoms. The van der Waals surface area contributed by atoms with E-state index in [1.165, 1.54) is 154 Å². The van der Waals surface area contributed by atoms with Crippen LogP contribution in [0.2, 0.25) is 0 Å². The molecule has 17 unspecified atom stereocenters. The summed E-state index contributed by atoms with van der Waals surface area (Å²) < 4.78 is 34.3. The fraction of sp³-hybridized carbons (Fsp3) is 0.847. The molecule has 17 atom stereocenters. The number of carbonyl (C=O) groups is 1. The molecule has 530 valence electrons.